The van der Waals surface area contributed by atoms with E-state index in [1.165, 1.54) is 12.8 Å². The highest BCUT2D eigenvalue weighted by Gasteiger charge is 2.14. The first-order valence-corrected chi connectivity index (χ1v) is 7.95. The molecule has 1 N–H and O–H groups in total. The summed E-state index contributed by atoms with van der Waals surface area (Å²) in [5, 5.41) is 2.82. The number of rotatable bonds is 5. The maximum absolute atomic E-state index is 12.3. The van der Waals surface area contributed by atoms with E-state index in [1.807, 2.05) is 6.07 Å². The van der Waals surface area contributed by atoms with Gasteiger partial charge in [-0.2, -0.15) is 0 Å². The van der Waals surface area contributed by atoms with Gasteiger partial charge in [-0.05, 0) is 37.1 Å². The van der Waals surface area contributed by atoms with Crippen molar-refractivity contribution in [3.63, 3.8) is 0 Å². The minimum Gasteiger partial charge on any atom is -0.493 e. The molecule has 1 saturated heterocycles. The second-order valence-electron chi connectivity index (χ2n) is 5.62. The largest absolute Gasteiger partial charge is 0.493 e. The average Bonchev–Trinajstić information content (AvgIpc) is 3.16. The highest BCUT2D eigenvalue weighted by atomic mass is 16.5. The first-order chi connectivity index (χ1) is 11.7. The molecule has 1 amide bonds. The van der Waals surface area contributed by atoms with Crippen molar-refractivity contribution < 1.29 is 14.3 Å². The zero-order chi connectivity index (χ0) is 16.9. The number of carbonyl (C=O) groups is 1. The number of hydrogen-bond donors (Lipinski definition) is 1. The Morgan fingerprint density at radius 2 is 1.83 bits per heavy atom. The number of anilines is 2. The lowest BCUT2D eigenvalue weighted by molar-refractivity contribution is 0.102. The Bertz CT molecular complexity index is 710. The molecule has 0 bridgehead atoms. The van der Waals surface area contributed by atoms with Crippen LogP contribution in [0.3, 0.4) is 0 Å². The van der Waals surface area contributed by atoms with Gasteiger partial charge in [-0.1, -0.05) is 0 Å². The molecule has 2 heterocycles. The number of carbonyl (C=O) groups excluding carboxylic acids is 1. The average molecular weight is 327 g/mol. The maximum atomic E-state index is 12.3. The molecule has 1 fully saturated rings. The molecular formula is C18H21N3O3. The number of aromatic nitrogens is 1. The molecule has 2 aromatic rings. The fraction of sp³-hybridized carbons (Fsp3) is 0.333. The van der Waals surface area contributed by atoms with Crippen LogP contribution in [0.1, 0.15) is 23.3 Å². The highest BCUT2D eigenvalue weighted by Crippen LogP contribution is 2.30. The van der Waals surface area contributed by atoms with Gasteiger partial charge >= 0.3 is 0 Å². The van der Waals surface area contributed by atoms with Crippen molar-refractivity contribution in [1.29, 1.82) is 0 Å². The molecule has 24 heavy (non-hydrogen) atoms. The lowest BCUT2D eigenvalue weighted by Gasteiger charge is -2.17. The summed E-state index contributed by atoms with van der Waals surface area (Å²) >= 11 is 0. The molecule has 6 heteroatoms. The van der Waals surface area contributed by atoms with Gasteiger partial charge in [0.25, 0.3) is 5.91 Å². The smallest absolute Gasteiger partial charge is 0.274 e. The molecule has 0 spiro atoms. The summed E-state index contributed by atoms with van der Waals surface area (Å²) < 4.78 is 10.4. The second-order valence-corrected chi connectivity index (χ2v) is 5.62. The van der Waals surface area contributed by atoms with E-state index in [-0.39, 0.29) is 5.91 Å². The van der Waals surface area contributed by atoms with Gasteiger partial charge < -0.3 is 19.7 Å². The Hall–Kier alpha value is -2.76. The van der Waals surface area contributed by atoms with Crippen LogP contribution in [0.25, 0.3) is 0 Å². The van der Waals surface area contributed by atoms with Crippen LogP contribution in [0.5, 0.6) is 11.5 Å². The van der Waals surface area contributed by atoms with Crippen LogP contribution < -0.4 is 19.7 Å². The maximum Gasteiger partial charge on any atom is 0.274 e. The molecule has 1 aromatic heterocycles. The summed E-state index contributed by atoms with van der Waals surface area (Å²) in [7, 11) is 3.13. The summed E-state index contributed by atoms with van der Waals surface area (Å²) in [6.45, 7) is 2.11. The molecule has 0 unspecified atom stereocenters. The zero-order valence-electron chi connectivity index (χ0n) is 13.9. The normalized spacial score (nSPS) is 13.7. The molecule has 3 rings (SSSR count). The van der Waals surface area contributed by atoms with E-state index in [0.717, 1.165) is 18.8 Å². The number of amides is 1. The van der Waals surface area contributed by atoms with Gasteiger partial charge in [0.2, 0.25) is 0 Å². The van der Waals surface area contributed by atoms with Gasteiger partial charge in [0.15, 0.2) is 11.5 Å². The molecule has 0 radical (unpaired) electrons. The van der Waals surface area contributed by atoms with Crippen LogP contribution in [0.2, 0.25) is 0 Å². The van der Waals surface area contributed by atoms with Gasteiger partial charge in [-0.15, -0.1) is 0 Å². The number of hydrogen-bond acceptors (Lipinski definition) is 5. The molecule has 0 atom stereocenters. The quantitative estimate of drug-likeness (QED) is 0.915. The summed E-state index contributed by atoms with van der Waals surface area (Å²) in [6, 6.07) is 8.93. The summed E-state index contributed by atoms with van der Waals surface area (Å²) in [4.78, 5) is 18.9. The van der Waals surface area contributed by atoms with Gasteiger partial charge in [0, 0.05) is 24.8 Å². The monoisotopic (exact) mass is 327 g/mol. The predicted molar refractivity (Wildman–Crippen MR) is 93.2 cm³/mol. The van der Waals surface area contributed by atoms with Crippen molar-refractivity contribution in [1.82, 2.24) is 4.98 Å². The first-order valence-electron chi connectivity index (χ1n) is 7.95. The second kappa shape index (κ2) is 7.21. The number of pyridine rings is 1. The minimum atomic E-state index is -0.254. The lowest BCUT2D eigenvalue weighted by atomic mass is 10.2. The Balaban J connectivity index is 1.70. The Labute approximate surface area is 141 Å². The minimum absolute atomic E-state index is 0.254. The topological polar surface area (TPSA) is 63.7 Å². The van der Waals surface area contributed by atoms with Gasteiger partial charge in [-0.25, -0.2) is 4.98 Å². The van der Waals surface area contributed by atoms with Crippen molar-refractivity contribution in [2.75, 3.05) is 37.5 Å². The predicted octanol–water partition coefficient (Wildman–Crippen LogP) is 2.95. The molecule has 1 aliphatic heterocycles. The number of methoxy groups -OCH3 is 2. The Morgan fingerprint density at radius 1 is 1.08 bits per heavy atom. The third-order valence-electron chi connectivity index (χ3n) is 4.09. The van der Waals surface area contributed by atoms with Crippen LogP contribution in [0, 0.1) is 0 Å². The molecule has 6 nitrogen and oxygen atoms in total. The van der Waals surface area contributed by atoms with E-state index in [0.29, 0.717) is 22.9 Å². The van der Waals surface area contributed by atoms with Gasteiger partial charge in [0.1, 0.15) is 5.69 Å². The number of nitrogens with zero attached hydrogens (tertiary/aromatic N) is 2. The van der Waals surface area contributed by atoms with Crippen LogP contribution in [0.15, 0.2) is 36.5 Å². The fourth-order valence-electron chi connectivity index (χ4n) is 2.79. The van der Waals surface area contributed by atoms with E-state index in [2.05, 4.69) is 15.2 Å². The van der Waals surface area contributed by atoms with E-state index >= 15 is 0 Å². The first kappa shape index (κ1) is 16.1. The van der Waals surface area contributed by atoms with Gasteiger partial charge in [0.05, 0.1) is 26.1 Å². The highest BCUT2D eigenvalue weighted by molar-refractivity contribution is 6.03. The molecule has 1 aromatic carbocycles. The summed E-state index contributed by atoms with van der Waals surface area (Å²) in [6.07, 6.45) is 4.18. The summed E-state index contributed by atoms with van der Waals surface area (Å²) in [5.41, 5.74) is 2.07. The van der Waals surface area contributed by atoms with E-state index < -0.39 is 0 Å². The van der Waals surface area contributed by atoms with Crippen LogP contribution in [-0.2, 0) is 0 Å². The third kappa shape index (κ3) is 3.42. The standard InChI is InChI=1S/C18H21N3O3/c1-23-16-8-5-13(11-17(16)24-2)20-18(22)15-7-6-14(12-19-15)21-9-3-4-10-21/h5-8,11-12H,3-4,9-10H2,1-2H3,(H,20,22). The van der Waals surface area contributed by atoms with E-state index in [9.17, 15) is 4.79 Å². The van der Waals surface area contributed by atoms with Crippen molar-refractivity contribution in [2.45, 2.75) is 12.8 Å². The Morgan fingerprint density at radius 3 is 2.46 bits per heavy atom. The SMILES string of the molecule is COc1ccc(NC(=O)c2ccc(N3CCCC3)cn2)cc1OC. The number of nitrogens with one attached hydrogen (secondary N) is 1. The van der Waals surface area contributed by atoms with Crippen molar-refractivity contribution in [2.24, 2.45) is 0 Å². The van der Waals surface area contributed by atoms with Crippen molar-refractivity contribution >= 4 is 17.3 Å². The fourth-order valence-corrected chi connectivity index (χ4v) is 2.79. The lowest BCUT2D eigenvalue weighted by Crippen LogP contribution is -2.19. The number of ether oxygens (including phenoxy) is 2. The van der Waals surface area contributed by atoms with Gasteiger partial charge in [-0.3, -0.25) is 4.79 Å². The van der Waals surface area contributed by atoms with E-state index in [4.69, 9.17) is 9.47 Å². The molecule has 126 valence electrons. The van der Waals surface area contributed by atoms with Crippen molar-refractivity contribution in [3.05, 3.63) is 42.2 Å². The van der Waals surface area contributed by atoms with Crippen molar-refractivity contribution in [3.8, 4) is 11.5 Å². The van der Waals surface area contributed by atoms with Crippen LogP contribution in [0.4, 0.5) is 11.4 Å². The molecule has 1 aliphatic rings. The Kier molecular flexibility index (Phi) is 4.84. The third-order valence-corrected chi connectivity index (χ3v) is 4.09. The van der Waals surface area contributed by atoms with E-state index in [1.54, 1.807) is 44.7 Å². The summed E-state index contributed by atoms with van der Waals surface area (Å²) in [5.74, 6) is 0.923. The van der Waals surface area contributed by atoms with Crippen LogP contribution in [-0.4, -0.2) is 38.2 Å². The molecule has 0 saturated carbocycles. The van der Waals surface area contributed by atoms with Crippen LogP contribution >= 0.6 is 0 Å². The number of benzene rings is 1. The zero-order valence-corrected chi connectivity index (χ0v) is 13.9. The molecular weight excluding hydrogens is 306 g/mol. The molecule has 0 aliphatic carbocycles.